The van der Waals surface area contributed by atoms with Crippen molar-refractivity contribution in [2.75, 3.05) is 5.32 Å². The molecular formula is C17H12F2N4. The van der Waals surface area contributed by atoms with Crippen molar-refractivity contribution in [3.63, 3.8) is 0 Å². The van der Waals surface area contributed by atoms with Gasteiger partial charge in [-0.1, -0.05) is 17.7 Å². The minimum atomic E-state index is -0.670. The molecule has 0 atom stereocenters. The van der Waals surface area contributed by atoms with Gasteiger partial charge in [0.05, 0.1) is 17.5 Å². The standard InChI is InChI=1S/C17H12F2N4/c1-9-5-6-13-10(7-9)16-14(8-20-23-16)22-17(21-13)15-11(18)3-2-4-12(15)19/h2-8H,1H3,(H,20,23)(H,21,22). The van der Waals surface area contributed by atoms with Gasteiger partial charge in [0, 0.05) is 11.3 Å². The normalized spacial score (nSPS) is 12.7. The fraction of sp³-hybridized carbons (Fsp3) is 0.0588. The van der Waals surface area contributed by atoms with E-state index < -0.39 is 11.6 Å². The first-order valence-electron chi connectivity index (χ1n) is 7.08. The SMILES string of the molecule is Cc1ccc2c(c1)-c1[nH]ncc1N=C(c1c(F)cccc1F)N2. The Labute approximate surface area is 130 Å². The number of hydrogen-bond donors (Lipinski definition) is 2. The molecule has 2 heterocycles. The first-order chi connectivity index (χ1) is 11.1. The Morgan fingerprint density at radius 1 is 1.04 bits per heavy atom. The first-order valence-corrected chi connectivity index (χ1v) is 7.08. The number of H-pyrrole nitrogens is 1. The van der Waals surface area contributed by atoms with E-state index in [-0.39, 0.29) is 11.4 Å². The lowest BCUT2D eigenvalue weighted by Gasteiger charge is -2.12. The lowest BCUT2D eigenvalue weighted by Crippen LogP contribution is -2.17. The third-order valence-electron chi connectivity index (χ3n) is 3.75. The summed E-state index contributed by atoms with van der Waals surface area (Å²) in [4.78, 5) is 4.37. The number of aromatic amines is 1. The van der Waals surface area contributed by atoms with Crippen LogP contribution in [0.4, 0.5) is 20.2 Å². The molecule has 23 heavy (non-hydrogen) atoms. The van der Waals surface area contributed by atoms with E-state index in [4.69, 9.17) is 0 Å². The molecule has 4 nitrogen and oxygen atoms in total. The zero-order valence-electron chi connectivity index (χ0n) is 12.2. The molecule has 2 N–H and O–H groups in total. The van der Waals surface area contributed by atoms with Crippen molar-refractivity contribution in [3.05, 3.63) is 65.4 Å². The van der Waals surface area contributed by atoms with Gasteiger partial charge >= 0.3 is 0 Å². The molecule has 2 aromatic carbocycles. The molecule has 1 aliphatic heterocycles. The number of nitrogens with zero attached hydrogens (tertiary/aromatic N) is 2. The van der Waals surface area contributed by atoms with E-state index in [2.05, 4.69) is 20.5 Å². The summed E-state index contributed by atoms with van der Waals surface area (Å²) in [5.41, 5.74) is 3.68. The number of fused-ring (bicyclic) bond motifs is 3. The predicted octanol–water partition coefficient (Wildman–Crippen LogP) is 4.17. The van der Waals surface area contributed by atoms with Crippen molar-refractivity contribution in [3.8, 4) is 11.3 Å². The largest absolute Gasteiger partial charge is 0.339 e. The summed E-state index contributed by atoms with van der Waals surface area (Å²) >= 11 is 0. The van der Waals surface area contributed by atoms with Crippen LogP contribution in [-0.4, -0.2) is 16.0 Å². The van der Waals surface area contributed by atoms with Crippen molar-refractivity contribution in [2.45, 2.75) is 6.92 Å². The third kappa shape index (κ3) is 2.19. The smallest absolute Gasteiger partial charge is 0.144 e. The van der Waals surface area contributed by atoms with Gasteiger partial charge in [-0.25, -0.2) is 13.8 Å². The topological polar surface area (TPSA) is 53.1 Å². The Bertz CT molecular complexity index is 923. The first kappa shape index (κ1) is 13.6. The molecule has 0 fully saturated rings. The molecular weight excluding hydrogens is 298 g/mol. The molecule has 0 aliphatic carbocycles. The van der Waals surface area contributed by atoms with Crippen LogP contribution in [0.2, 0.25) is 0 Å². The van der Waals surface area contributed by atoms with E-state index in [0.29, 0.717) is 17.1 Å². The van der Waals surface area contributed by atoms with Crippen LogP contribution in [0.25, 0.3) is 11.3 Å². The average molecular weight is 310 g/mol. The number of hydrogen-bond acceptors (Lipinski definition) is 3. The summed E-state index contributed by atoms with van der Waals surface area (Å²) in [5, 5.41) is 9.94. The maximum Gasteiger partial charge on any atom is 0.144 e. The van der Waals surface area contributed by atoms with Crippen molar-refractivity contribution in [1.29, 1.82) is 0 Å². The quantitative estimate of drug-likeness (QED) is 0.709. The van der Waals surface area contributed by atoms with Crippen LogP contribution in [0.15, 0.2) is 47.6 Å². The molecule has 0 spiro atoms. The lowest BCUT2D eigenvalue weighted by molar-refractivity contribution is 0.579. The van der Waals surface area contributed by atoms with Crippen molar-refractivity contribution in [1.82, 2.24) is 10.2 Å². The molecule has 0 unspecified atom stereocenters. The molecule has 4 rings (SSSR count). The zero-order chi connectivity index (χ0) is 16.0. The zero-order valence-corrected chi connectivity index (χ0v) is 12.2. The number of aryl methyl sites for hydroxylation is 1. The molecule has 114 valence electrons. The number of amidine groups is 1. The highest BCUT2D eigenvalue weighted by Gasteiger charge is 2.22. The number of benzene rings is 2. The average Bonchev–Trinajstić information content (AvgIpc) is 2.91. The molecule has 3 aromatic rings. The number of aromatic nitrogens is 2. The Morgan fingerprint density at radius 3 is 2.61 bits per heavy atom. The van der Waals surface area contributed by atoms with Crippen LogP contribution in [-0.2, 0) is 0 Å². The Hall–Kier alpha value is -3.02. The maximum absolute atomic E-state index is 14.1. The van der Waals surface area contributed by atoms with Crippen LogP contribution in [0.5, 0.6) is 0 Å². The molecule has 1 aliphatic rings. The van der Waals surface area contributed by atoms with E-state index >= 15 is 0 Å². The van der Waals surface area contributed by atoms with Crippen LogP contribution in [0.3, 0.4) is 0 Å². The minimum absolute atomic E-state index is 0.117. The highest BCUT2D eigenvalue weighted by molar-refractivity contribution is 6.13. The summed E-state index contributed by atoms with van der Waals surface area (Å²) in [5.74, 6) is -1.22. The molecule has 6 heteroatoms. The monoisotopic (exact) mass is 310 g/mol. The second-order valence-electron chi connectivity index (χ2n) is 5.36. The van der Waals surface area contributed by atoms with E-state index in [9.17, 15) is 8.78 Å². The molecule has 1 aromatic heterocycles. The van der Waals surface area contributed by atoms with Gasteiger partial charge in [-0.05, 0) is 31.2 Å². The highest BCUT2D eigenvalue weighted by Crippen LogP contribution is 2.37. The second-order valence-corrected chi connectivity index (χ2v) is 5.36. The fourth-order valence-corrected chi connectivity index (χ4v) is 2.66. The van der Waals surface area contributed by atoms with Crippen molar-refractivity contribution in [2.24, 2.45) is 4.99 Å². The van der Waals surface area contributed by atoms with Crippen LogP contribution < -0.4 is 5.32 Å². The van der Waals surface area contributed by atoms with Gasteiger partial charge in [-0.2, -0.15) is 5.10 Å². The summed E-state index contributed by atoms with van der Waals surface area (Å²) in [6.45, 7) is 1.97. The summed E-state index contributed by atoms with van der Waals surface area (Å²) in [7, 11) is 0. The van der Waals surface area contributed by atoms with Gasteiger partial charge in [0.15, 0.2) is 0 Å². The van der Waals surface area contributed by atoms with Gasteiger partial charge < -0.3 is 5.32 Å². The number of anilines is 1. The van der Waals surface area contributed by atoms with Crippen LogP contribution in [0, 0.1) is 18.6 Å². The van der Waals surface area contributed by atoms with Crippen LogP contribution >= 0.6 is 0 Å². The lowest BCUT2D eigenvalue weighted by atomic mass is 10.1. The maximum atomic E-state index is 14.1. The fourth-order valence-electron chi connectivity index (χ4n) is 2.66. The van der Waals surface area contributed by atoms with Gasteiger partial charge in [0.2, 0.25) is 0 Å². The van der Waals surface area contributed by atoms with E-state index in [1.165, 1.54) is 24.4 Å². The third-order valence-corrected chi connectivity index (χ3v) is 3.75. The number of nitrogens with one attached hydrogen (secondary N) is 2. The van der Waals surface area contributed by atoms with E-state index in [1.807, 2.05) is 25.1 Å². The van der Waals surface area contributed by atoms with Crippen molar-refractivity contribution >= 4 is 17.2 Å². The van der Waals surface area contributed by atoms with Gasteiger partial charge in [-0.3, -0.25) is 5.10 Å². The van der Waals surface area contributed by atoms with Crippen molar-refractivity contribution < 1.29 is 8.78 Å². The minimum Gasteiger partial charge on any atom is -0.339 e. The Kier molecular flexibility index (Phi) is 2.97. The van der Waals surface area contributed by atoms with Gasteiger partial charge in [0.25, 0.3) is 0 Å². The van der Waals surface area contributed by atoms with E-state index in [0.717, 1.165) is 11.1 Å². The van der Waals surface area contributed by atoms with Gasteiger partial charge in [-0.15, -0.1) is 0 Å². The Balaban J connectivity index is 1.97. The molecule has 0 saturated heterocycles. The molecule has 0 bridgehead atoms. The predicted molar refractivity (Wildman–Crippen MR) is 84.9 cm³/mol. The number of halogens is 2. The second kappa shape index (κ2) is 5.01. The van der Waals surface area contributed by atoms with Gasteiger partial charge in [0.1, 0.15) is 23.2 Å². The molecule has 0 amide bonds. The molecule has 0 radical (unpaired) electrons. The molecule has 0 saturated carbocycles. The summed E-state index contributed by atoms with van der Waals surface area (Å²) in [6, 6.07) is 9.48. The number of rotatable bonds is 1. The van der Waals surface area contributed by atoms with Crippen LogP contribution in [0.1, 0.15) is 11.1 Å². The number of aliphatic imine (C=N–C) groups is 1. The summed E-state index contributed by atoms with van der Waals surface area (Å²) < 4.78 is 28.3. The van der Waals surface area contributed by atoms with E-state index in [1.54, 1.807) is 0 Å². The Morgan fingerprint density at radius 2 is 1.83 bits per heavy atom. The highest BCUT2D eigenvalue weighted by atomic mass is 19.1. The summed E-state index contributed by atoms with van der Waals surface area (Å²) in [6.07, 6.45) is 1.53.